The molecule has 0 fully saturated rings. The highest BCUT2D eigenvalue weighted by atomic mass is 35.5. The van der Waals surface area contributed by atoms with Crippen molar-refractivity contribution in [3.63, 3.8) is 0 Å². The van der Waals surface area contributed by atoms with E-state index in [-0.39, 0.29) is 0 Å². The van der Waals surface area contributed by atoms with Gasteiger partial charge in [-0.05, 0) is 36.7 Å². The third kappa shape index (κ3) is 3.48. The molecule has 0 radical (unpaired) electrons. The zero-order valence-corrected chi connectivity index (χ0v) is 11.5. The van der Waals surface area contributed by atoms with Crippen molar-refractivity contribution in [1.82, 2.24) is 9.55 Å². The van der Waals surface area contributed by atoms with Crippen molar-refractivity contribution in [3.05, 3.63) is 52.0 Å². The molecule has 3 nitrogen and oxygen atoms in total. The van der Waals surface area contributed by atoms with Gasteiger partial charge >= 0.3 is 0 Å². The number of rotatable bonds is 5. The monoisotopic (exact) mass is 283 g/mol. The molecule has 1 aromatic heterocycles. The van der Waals surface area contributed by atoms with Crippen LogP contribution in [0.25, 0.3) is 0 Å². The zero-order valence-electron chi connectivity index (χ0n) is 9.94. The van der Waals surface area contributed by atoms with E-state index in [0.717, 1.165) is 30.8 Å². The Morgan fingerprint density at radius 3 is 2.56 bits per heavy atom. The summed E-state index contributed by atoms with van der Waals surface area (Å²) in [7, 11) is 0. The van der Waals surface area contributed by atoms with Gasteiger partial charge in [-0.1, -0.05) is 23.2 Å². The van der Waals surface area contributed by atoms with Gasteiger partial charge in [0.25, 0.3) is 0 Å². The standard InChI is InChI=1S/C13H15Cl2N3/c14-11-6-10(7-12(15)9-11)8-13-17-3-5-18(13)4-1-2-16/h3,5-7,9H,1-2,4,8,16H2. The van der Waals surface area contributed by atoms with E-state index in [0.29, 0.717) is 16.6 Å². The maximum atomic E-state index is 5.99. The number of hydrogen-bond acceptors (Lipinski definition) is 2. The molecule has 0 unspecified atom stereocenters. The Hall–Kier alpha value is -1.03. The first kappa shape index (κ1) is 13.4. The predicted molar refractivity (Wildman–Crippen MR) is 75.2 cm³/mol. The Morgan fingerprint density at radius 2 is 1.89 bits per heavy atom. The summed E-state index contributed by atoms with van der Waals surface area (Å²) in [6, 6.07) is 5.55. The molecule has 2 aromatic rings. The third-order valence-electron chi connectivity index (χ3n) is 2.69. The van der Waals surface area contributed by atoms with E-state index < -0.39 is 0 Å². The lowest BCUT2D eigenvalue weighted by molar-refractivity contribution is 0.624. The second-order valence-corrected chi connectivity index (χ2v) is 5.01. The second-order valence-electron chi connectivity index (χ2n) is 4.13. The van der Waals surface area contributed by atoms with E-state index >= 15 is 0 Å². The lowest BCUT2D eigenvalue weighted by Gasteiger charge is -2.07. The van der Waals surface area contributed by atoms with Crippen molar-refractivity contribution in [2.24, 2.45) is 5.73 Å². The Balaban J connectivity index is 2.15. The normalized spacial score (nSPS) is 10.8. The van der Waals surface area contributed by atoms with Crippen molar-refractivity contribution >= 4 is 23.2 Å². The van der Waals surface area contributed by atoms with Gasteiger partial charge in [0.1, 0.15) is 5.82 Å². The van der Waals surface area contributed by atoms with Crippen LogP contribution in [0.15, 0.2) is 30.6 Å². The number of benzene rings is 1. The van der Waals surface area contributed by atoms with E-state index in [4.69, 9.17) is 28.9 Å². The molecule has 0 bridgehead atoms. The predicted octanol–water partition coefficient (Wildman–Crippen LogP) is 3.13. The molecule has 0 aliphatic rings. The molecule has 2 rings (SSSR count). The van der Waals surface area contributed by atoms with Crippen LogP contribution in [-0.4, -0.2) is 16.1 Å². The number of halogens is 2. The second kappa shape index (κ2) is 6.23. The molecule has 0 atom stereocenters. The topological polar surface area (TPSA) is 43.8 Å². The van der Waals surface area contributed by atoms with Crippen LogP contribution in [0.2, 0.25) is 10.0 Å². The molecule has 0 saturated carbocycles. The molecule has 0 aliphatic carbocycles. The largest absolute Gasteiger partial charge is 0.335 e. The Morgan fingerprint density at radius 1 is 1.17 bits per heavy atom. The highest BCUT2D eigenvalue weighted by molar-refractivity contribution is 6.34. The van der Waals surface area contributed by atoms with Gasteiger partial charge in [-0.15, -0.1) is 0 Å². The minimum Gasteiger partial charge on any atom is -0.335 e. The fourth-order valence-corrected chi connectivity index (χ4v) is 2.44. The number of aryl methyl sites for hydroxylation is 1. The quantitative estimate of drug-likeness (QED) is 0.916. The Kier molecular flexibility index (Phi) is 4.64. The summed E-state index contributed by atoms with van der Waals surface area (Å²) >= 11 is 12.0. The SMILES string of the molecule is NCCCn1ccnc1Cc1cc(Cl)cc(Cl)c1. The van der Waals surface area contributed by atoms with Gasteiger partial charge < -0.3 is 10.3 Å². The van der Waals surface area contributed by atoms with E-state index in [1.54, 1.807) is 12.3 Å². The van der Waals surface area contributed by atoms with Crippen molar-refractivity contribution in [3.8, 4) is 0 Å². The molecular weight excluding hydrogens is 269 g/mol. The number of aromatic nitrogens is 2. The van der Waals surface area contributed by atoms with E-state index in [1.165, 1.54) is 0 Å². The molecular formula is C13H15Cl2N3. The number of nitrogens with zero attached hydrogens (tertiary/aromatic N) is 2. The summed E-state index contributed by atoms with van der Waals surface area (Å²) in [6.45, 7) is 1.57. The van der Waals surface area contributed by atoms with Crippen LogP contribution in [0.1, 0.15) is 17.8 Å². The van der Waals surface area contributed by atoms with Crippen LogP contribution in [0, 0.1) is 0 Å². The summed E-state index contributed by atoms with van der Waals surface area (Å²) in [6.07, 6.45) is 5.44. The van der Waals surface area contributed by atoms with Crippen molar-refractivity contribution in [2.45, 2.75) is 19.4 Å². The summed E-state index contributed by atoms with van der Waals surface area (Å²) in [5.41, 5.74) is 6.58. The van der Waals surface area contributed by atoms with Crippen LogP contribution in [0.5, 0.6) is 0 Å². The van der Waals surface area contributed by atoms with Gasteiger partial charge in [0.15, 0.2) is 0 Å². The average Bonchev–Trinajstić information content (AvgIpc) is 2.72. The first-order valence-corrected chi connectivity index (χ1v) is 6.59. The lowest BCUT2D eigenvalue weighted by Crippen LogP contribution is -2.08. The number of hydrogen-bond donors (Lipinski definition) is 1. The molecule has 2 N–H and O–H groups in total. The molecule has 1 heterocycles. The lowest BCUT2D eigenvalue weighted by atomic mass is 10.1. The molecule has 18 heavy (non-hydrogen) atoms. The van der Waals surface area contributed by atoms with Gasteiger partial charge in [-0.25, -0.2) is 4.98 Å². The fraction of sp³-hybridized carbons (Fsp3) is 0.308. The highest BCUT2D eigenvalue weighted by Crippen LogP contribution is 2.20. The van der Waals surface area contributed by atoms with E-state index in [2.05, 4.69) is 9.55 Å². The third-order valence-corrected chi connectivity index (χ3v) is 3.13. The van der Waals surface area contributed by atoms with Crippen molar-refractivity contribution in [2.75, 3.05) is 6.54 Å². The fourth-order valence-electron chi connectivity index (χ4n) is 1.87. The number of nitrogens with two attached hydrogens (primary N) is 1. The van der Waals surface area contributed by atoms with Crippen molar-refractivity contribution in [1.29, 1.82) is 0 Å². The molecule has 0 amide bonds. The molecule has 0 saturated heterocycles. The molecule has 1 aromatic carbocycles. The first-order valence-electron chi connectivity index (χ1n) is 5.84. The highest BCUT2D eigenvalue weighted by Gasteiger charge is 2.05. The van der Waals surface area contributed by atoms with Gasteiger partial charge in [-0.2, -0.15) is 0 Å². The minimum absolute atomic E-state index is 0.651. The van der Waals surface area contributed by atoms with E-state index in [1.807, 2.05) is 18.3 Å². The maximum Gasteiger partial charge on any atom is 0.113 e. The summed E-state index contributed by atoms with van der Waals surface area (Å²) in [4.78, 5) is 4.36. The van der Waals surface area contributed by atoms with Crippen LogP contribution in [-0.2, 0) is 13.0 Å². The van der Waals surface area contributed by atoms with Gasteiger partial charge in [0.05, 0.1) is 0 Å². The average molecular weight is 284 g/mol. The maximum absolute atomic E-state index is 5.99. The first-order chi connectivity index (χ1) is 8.69. The van der Waals surface area contributed by atoms with Crippen molar-refractivity contribution < 1.29 is 0 Å². The Labute approximate surface area is 117 Å². The zero-order chi connectivity index (χ0) is 13.0. The van der Waals surface area contributed by atoms with Gasteiger partial charge in [-0.3, -0.25) is 0 Å². The van der Waals surface area contributed by atoms with E-state index in [9.17, 15) is 0 Å². The summed E-state index contributed by atoms with van der Waals surface area (Å²) in [5, 5.41) is 1.30. The summed E-state index contributed by atoms with van der Waals surface area (Å²) < 4.78 is 2.11. The molecule has 0 aliphatic heterocycles. The summed E-state index contributed by atoms with van der Waals surface area (Å²) in [5.74, 6) is 1.00. The van der Waals surface area contributed by atoms with Gasteiger partial charge in [0.2, 0.25) is 0 Å². The van der Waals surface area contributed by atoms with Crippen LogP contribution >= 0.6 is 23.2 Å². The van der Waals surface area contributed by atoms with Crippen LogP contribution in [0.3, 0.4) is 0 Å². The minimum atomic E-state index is 0.651. The number of imidazole rings is 1. The van der Waals surface area contributed by atoms with Crippen LogP contribution < -0.4 is 5.73 Å². The molecule has 5 heteroatoms. The van der Waals surface area contributed by atoms with Gasteiger partial charge in [0, 0.05) is 35.4 Å². The smallest absolute Gasteiger partial charge is 0.113 e. The Bertz CT molecular complexity index is 502. The molecule has 0 spiro atoms. The molecule has 96 valence electrons. The van der Waals surface area contributed by atoms with Crippen LogP contribution in [0.4, 0.5) is 0 Å².